The lowest BCUT2D eigenvalue weighted by molar-refractivity contribution is 0.0947. The first kappa shape index (κ1) is 17.7. The van der Waals surface area contributed by atoms with Crippen LogP contribution in [0.1, 0.15) is 22.8 Å². The van der Waals surface area contributed by atoms with Crippen LogP contribution in [0.2, 0.25) is 0 Å². The van der Waals surface area contributed by atoms with Crippen molar-refractivity contribution in [3.63, 3.8) is 0 Å². The molecule has 0 aliphatic heterocycles. The van der Waals surface area contributed by atoms with Crippen LogP contribution in [-0.2, 0) is 0 Å². The lowest BCUT2D eigenvalue weighted by atomic mass is 10.1. The van der Waals surface area contributed by atoms with Crippen molar-refractivity contribution in [2.24, 2.45) is 0 Å². The van der Waals surface area contributed by atoms with Crippen LogP contribution in [0.25, 0.3) is 0 Å². The van der Waals surface area contributed by atoms with Gasteiger partial charge in [-0.3, -0.25) is 4.79 Å². The molecule has 0 unspecified atom stereocenters. The van der Waals surface area contributed by atoms with Crippen LogP contribution in [-0.4, -0.2) is 30.6 Å². The minimum absolute atomic E-state index is 0.261. The average Bonchev–Trinajstić information content (AvgIpc) is 2.50. The molecule has 0 bridgehead atoms. The topological polar surface area (TPSA) is 52.6 Å². The number of amides is 1. The zero-order valence-corrected chi connectivity index (χ0v) is 13.6. The highest BCUT2D eigenvalue weighted by molar-refractivity contribution is 5.97. The number of likely N-dealkylation sites (N-methyl/N-ethyl adjacent to an activating group) is 1. The standard InChI is InChI=1S/C18H20F2N2O2/c1-3-22(14-6-4-5-12(2)9-14)8-7-21-18(24)17-15(20)10-13(19)11-16(17)23/h4-6,9-11,23H,3,7-8H2,1-2H3,(H,21,24). The molecule has 0 heterocycles. The zero-order valence-electron chi connectivity index (χ0n) is 13.6. The summed E-state index contributed by atoms with van der Waals surface area (Å²) in [7, 11) is 0. The molecule has 0 aliphatic rings. The van der Waals surface area contributed by atoms with Crippen molar-refractivity contribution in [3.05, 3.63) is 59.2 Å². The monoisotopic (exact) mass is 334 g/mol. The van der Waals surface area contributed by atoms with E-state index in [4.69, 9.17) is 0 Å². The molecule has 1 amide bonds. The molecule has 2 rings (SSSR count). The Morgan fingerprint density at radius 1 is 1.25 bits per heavy atom. The number of aromatic hydroxyl groups is 1. The second-order valence-electron chi connectivity index (χ2n) is 5.46. The number of anilines is 1. The minimum atomic E-state index is -1.09. The van der Waals surface area contributed by atoms with Gasteiger partial charge in [-0.1, -0.05) is 12.1 Å². The predicted octanol–water partition coefficient (Wildman–Crippen LogP) is 3.24. The largest absolute Gasteiger partial charge is 0.507 e. The summed E-state index contributed by atoms with van der Waals surface area (Å²) in [6, 6.07) is 9.25. The molecular weight excluding hydrogens is 314 g/mol. The second-order valence-corrected chi connectivity index (χ2v) is 5.46. The number of rotatable bonds is 6. The Balaban J connectivity index is 1.99. The number of nitrogens with one attached hydrogen (secondary N) is 1. The molecule has 0 saturated carbocycles. The Morgan fingerprint density at radius 2 is 2.00 bits per heavy atom. The van der Waals surface area contributed by atoms with E-state index >= 15 is 0 Å². The number of hydrogen-bond donors (Lipinski definition) is 2. The summed E-state index contributed by atoms with van der Waals surface area (Å²) in [5.74, 6) is -3.50. The van der Waals surface area contributed by atoms with Crippen molar-refractivity contribution >= 4 is 11.6 Å². The number of nitrogens with zero attached hydrogens (tertiary/aromatic N) is 1. The van der Waals surface area contributed by atoms with Gasteiger partial charge in [0.15, 0.2) is 0 Å². The van der Waals surface area contributed by atoms with E-state index in [-0.39, 0.29) is 6.54 Å². The van der Waals surface area contributed by atoms with E-state index in [1.54, 1.807) is 0 Å². The van der Waals surface area contributed by atoms with Gasteiger partial charge in [-0.25, -0.2) is 8.78 Å². The fourth-order valence-corrected chi connectivity index (χ4v) is 2.47. The van der Waals surface area contributed by atoms with Crippen LogP contribution in [0.5, 0.6) is 5.75 Å². The van der Waals surface area contributed by atoms with E-state index in [1.165, 1.54) is 0 Å². The average molecular weight is 334 g/mol. The molecule has 0 saturated heterocycles. The maximum Gasteiger partial charge on any atom is 0.258 e. The minimum Gasteiger partial charge on any atom is -0.507 e. The first-order valence-corrected chi connectivity index (χ1v) is 7.70. The molecule has 0 aliphatic carbocycles. The van der Waals surface area contributed by atoms with E-state index in [9.17, 15) is 18.7 Å². The fourth-order valence-electron chi connectivity index (χ4n) is 2.47. The molecule has 2 N–H and O–H groups in total. The summed E-state index contributed by atoms with van der Waals surface area (Å²) in [6.45, 7) is 5.52. The van der Waals surface area contributed by atoms with Crippen LogP contribution in [0.3, 0.4) is 0 Å². The quantitative estimate of drug-likeness (QED) is 0.853. The Bertz CT molecular complexity index is 712. The molecule has 0 radical (unpaired) electrons. The van der Waals surface area contributed by atoms with E-state index in [1.807, 2.05) is 38.1 Å². The maximum atomic E-state index is 13.7. The van der Waals surface area contributed by atoms with Crippen LogP contribution in [0.15, 0.2) is 36.4 Å². The summed E-state index contributed by atoms with van der Waals surface area (Å²) in [5, 5.41) is 12.1. The number of carbonyl (C=O) groups is 1. The molecule has 6 heteroatoms. The molecule has 24 heavy (non-hydrogen) atoms. The van der Waals surface area contributed by atoms with Crippen LogP contribution in [0.4, 0.5) is 14.5 Å². The van der Waals surface area contributed by atoms with Crippen LogP contribution in [0, 0.1) is 18.6 Å². The van der Waals surface area contributed by atoms with Gasteiger partial charge < -0.3 is 15.3 Å². The van der Waals surface area contributed by atoms with Gasteiger partial charge in [0.25, 0.3) is 5.91 Å². The number of carbonyl (C=O) groups excluding carboxylic acids is 1. The lowest BCUT2D eigenvalue weighted by Crippen LogP contribution is -2.35. The van der Waals surface area contributed by atoms with E-state index < -0.39 is 28.9 Å². The number of hydrogen-bond acceptors (Lipinski definition) is 3. The SMILES string of the molecule is CCN(CCNC(=O)c1c(O)cc(F)cc1F)c1cccc(C)c1. The zero-order chi connectivity index (χ0) is 17.7. The van der Waals surface area contributed by atoms with Crippen molar-refractivity contribution in [3.8, 4) is 5.75 Å². The van der Waals surface area contributed by atoms with Crippen molar-refractivity contribution in [2.45, 2.75) is 13.8 Å². The maximum absolute atomic E-state index is 13.7. The number of halogens is 2. The summed E-state index contributed by atoms with van der Waals surface area (Å²) in [6.07, 6.45) is 0. The highest BCUT2D eigenvalue weighted by atomic mass is 19.1. The third-order valence-electron chi connectivity index (χ3n) is 3.68. The molecule has 0 fully saturated rings. The van der Waals surface area contributed by atoms with E-state index in [0.29, 0.717) is 18.7 Å². The number of aryl methyl sites for hydroxylation is 1. The Morgan fingerprint density at radius 3 is 2.62 bits per heavy atom. The Hall–Kier alpha value is -2.63. The molecule has 0 atom stereocenters. The molecule has 0 spiro atoms. The lowest BCUT2D eigenvalue weighted by Gasteiger charge is -2.23. The number of phenols is 1. The van der Waals surface area contributed by atoms with Gasteiger partial charge in [-0.2, -0.15) is 0 Å². The summed E-state index contributed by atoms with van der Waals surface area (Å²) in [5.41, 5.74) is 1.62. The molecule has 2 aromatic carbocycles. The molecule has 4 nitrogen and oxygen atoms in total. The summed E-state index contributed by atoms with van der Waals surface area (Å²) in [4.78, 5) is 14.1. The first-order chi connectivity index (χ1) is 11.4. The van der Waals surface area contributed by atoms with E-state index in [2.05, 4.69) is 10.2 Å². The summed E-state index contributed by atoms with van der Waals surface area (Å²) < 4.78 is 26.6. The Kier molecular flexibility index (Phi) is 5.73. The van der Waals surface area contributed by atoms with Crippen molar-refractivity contribution in [1.82, 2.24) is 5.32 Å². The van der Waals surface area contributed by atoms with Gasteiger partial charge >= 0.3 is 0 Å². The highest BCUT2D eigenvalue weighted by Gasteiger charge is 2.18. The molecule has 0 aromatic heterocycles. The first-order valence-electron chi connectivity index (χ1n) is 7.70. The van der Waals surface area contributed by atoms with Gasteiger partial charge in [0.1, 0.15) is 22.9 Å². The molecule has 128 valence electrons. The highest BCUT2D eigenvalue weighted by Crippen LogP contribution is 2.21. The third-order valence-corrected chi connectivity index (χ3v) is 3.68. The summed E-state index contributed by atoms with van der Waals surface area (Å²) >= 11 is 0. The fraction of sp³-hybridized carbons (Fsp3) is 0.278. The third kappa shape index (κ3) is 4.22. The van der Waals surface area contributed by atoms with Crippen molar-refractivity contribution < 1.29 is 18.7 Å². The van der Waals surface area contributed by atoms with Gasteiger partial charge in [-0.15, -0.1) is 0 Å². The van der Waals surface area contributed by atoms with Crippen molar-refractivity contribution in [1.29, 1.82) is 0 Å². The number of benzene rings is 2. The van der Waals surface area contributed by atoms with Crippen molar-refractivity contribution in [2.75, 3.05) is 24.5 Å². The van der Waals surface area contributed by atoms with Gasteiger partial charge in [0.2, 0.25) is 0 Å². The molecular formula is C18H20F2N2O2. The van der Waals surface area contributed by atoms with E-state index in [0.717, 1.165) is 17.8 Å². The number of phenolic OH excluding ortho intramolecular Hbond substituents is 1. The smallest absolute Gasteiger partial charge is 0.258 e. The van der Waals surface area contributed by atoms with Gasteiger partial charge in [-0.05, 0) is 31.5 Å². The van der Waals surface area contributed by atoms with Crippen LogP contribution >= 0.6 is 0 Å². The van der Waals surface area contributed by atoms with Gasteiger partial charge in [0, 0.05) is 37.5 Å². The Labute approximate surface area is 139 Å². The van der Waals surface area contributed by atoms with Crippen LogP contribution < -0.4 is 10.2 Å². The molecule has 2 aromatic rings. The normalized spacial score (nSPS) is 10.5. The van der Waals surface area contributed by atoms with Gasteiger partial charge in [0.05, 0.1) is 0 Å². The predicted molar refractivity (Wildman–Crippen MR) is 89.4 cm³/mol. The second kappa shape index (κ2) is 7.77.